The van der Waals surface area contributed by atoms with Gasteiger partial charge >= 0.3 is 0 Å². The molecule has 3 nitrogen and oxygen atoms in total. The molecule has 56 heavy (non-hydrogen) atoms. The molecule has 0 bridgehead atoms. The van der Waals surface area contributed by atoms with E-state index in [9.17, 15) is 0 Å². The lowest BCUT2D eigenvalue weighted by Gasteiger charge is -2.31. The summed E-state index contributed by atoms with van der Waals surface area (Å²) >= 11 is 0. The molecular weight excluding hydrogens is 679 g/mol. The zero-order chi connectivity index (χ0) is 36.8. The number of benzene rings is 8. The number of rotatable bonds is 4. The van der Waals surface area contributed by atoms with E-state index < -0.39 is 5.41 Å². The molecule has 0 unspecified atom stereocenters. The monoisotopic (exact) mass is 711 g/mol. The molecule has 8 aromatic carbocycles. The average Bonchev–Trinajstić information content (AvgIpc) is 3.89. The van der Waals surface area contributed by atoms with Crippen molar-refractivity contribution in [3.05, 3.63) is 222 Å². The molecule has 0 saturated carbocycles. The molecule has 260 valence electrons. The quantitative estimate of drug-likeness (QED) is 0.182. The van der Waals surface area contributed by atoms with Gasteiger partial charge in [-0.3, -0.25) is 0 Å². The van der Waals surface area contributed by atoms with Gasteiger partial charge in [0.15, 0.2) is 5.82 Å². The number of hydrogen-bond acceptors (Lipinski definition) is 2. The molecule has 3 heteroatoms. The van der Waals surface area contributed by atoms with Crippen molar-refractivity contribution in [3.63, 3.8) is 0 Å². The van der Waals surface area contributed by atoms with E-state index in [0.717, 1.165) is 56.3 Å². The van der Waals surface area contributed by atoms with Crippen molar-refractivity contribution in [2.75, 3.05) is 0 Å². The fourth-order valence-electron chi connectivity index (χ4n) is 9.71. The van der Waals surface area contributed by atoms with Crippen LogP contribution in [0.1, 0.15) is 22.3 Å². The first-order valence-corrected chi connectivity index (χ1v) is 19.3. The molecule has 0 radical (unpaired) electrons. The van der Waals surface area contributed by atoms with Gasteiger partial charge in [0.1, 0.15) is 0 Å². The van der Waals surface area contributed by atoms with Crippen LogP contribution in [0.4, 0.5) is 0 Å². The van der Waals surface area contributed by atoms with Crippen molar-refractivity contribution >= 4 is 21.8 Å². The Morgan fingerprint density at radius 2 is 0.786 bits per heavy atom. The van der Waals surface area contributed by atoms with Gasteiger partial charge in [-0.15, -0.1) is 0 Å². The molecule has 2 heterocycles. The minimum Gasteiger partial charge on any atom is -0.309 e. The van der Waals surface area contributed by atoms with Crippen LogP contribution in [0.2, 0.25) is 0 Å². The number of aromatic nitrogens is 3. The van der Waals surface area contributed by atoms with Crippen molar-refractivity contribution in [3.8, 4) is 61.8 Å². The van der Waals surface area contributed by atoms with E-state index in [0.29, 0.717) is 0 Å². The molecule has 1 spiro atoms. The van der Waals surface area contributed by atoms with Gasteiger partial charge in [0.2, 0.25) is 0 Å². The van der Waals surface area contributed by atoms with Crippen LogP contribution in [-0.4, -0.2) is 14.5 Å². The third-order valence-corrected chi connectivity index (χ3v) is 12.1. The summed E-state index contributed by atoms with van der Waals surface area (Å²) in [6, 6.07) is 72.2. The molecule has 2 aliphatic rings. The molecule has 10 aromatic rings. The molecule has 0 fully saturated rings. The Morgan fingerprint density at radius 3 is 1.39 bits per heavy atom. The van der Waals surface area contributed by atoms with Crippen molar-refractivity contribution in [1.29, 1.82) is 0 Å². The van der Waals surface area contributed by atoms with Gasteiger partial charge in [0, 0.05) is 38.7 Å². The van der Waals surface area contributed by atoms with E-state index in [2.05, 4.69) is 205 Å². The molecule has 0 atom stereocenters. The van der Waals surface area contributed by atoms with E-state index in [1.54, 1.807) is 0 Å². The Morgan fingerprint density at radius 1 is 0.339 bits per heavy atom. The molecule has 0 saturated heterocycles. The van der Waals surface area contributed by atoms with Gasteiger partial charge in [-0.2, -0.15) is 0 Å². The summed E-state index contributed by atoms with van der Waals surface area (Å²) in [4.78, 5) is 11.0. The first kappa shape index (κ1) is 31.0. The van der Waals surface area contributed by atoms with Crippen molar-refractivity contribution < 1.29 is 0 Å². The number of fused-ring (bicyclic) bond motifs is 13. The minimum absolute atomic E-state index is 0.530. The van der Waals surface area contributed by atoms with Crippen molar-refractivity contribution in [2.45, 2.75) is 5.41 Å². The number of para-hydroxylation sites is 2. The highest BCUT2D eigenvalue weighted by Crippen LogP contribution is 2.64. The summed E-state index contributed by atoms with van der Waals surface area (Å²) in [7, 11) is 0. The maximum absolute atomic E-state index is 5.51. The molecular formula is C53H33N3. The van der Waals surface area contributed by atoms with Crippen LogP contribution in [0.15, 0.2) is 200 Å². The van der Waals surface area contributed by atoms with E-state index in [4.69, 9.17) is 9.97 Å². The van der Waals surface area contributed by atoms with Crippen LogP contribution in [0.3, 0.4) is 0 Å². The molecule has 2 aliphatic carbocycles. The van der Waals surface area contributed by atoms with E-state index in [1.165, 1.54) is 49.6 Å². The van der Waals surface area contributed by atoms with Crippen LogP contribution < -0.4 is 0 Å². The summed E-state index contributed by atoms with van der Waals surface area (Å²) in [5.41, 5.74) is 18.1. The van der Waals surface area contributed by atoms with Crippen LogP contribution in [0.5, 0.6) is 0 Å². The second kappa shape index (κ2) is 11.8. The van der Waals surface area contributed by atoms with Gasteiger partial charge in [-0.05, 0) is 63.2 Å². The predicted octanol–water partition coefficient (Wildman–Crippen LogP) is 12.9. The zero-order valence-electron chi connectivity index (χ0n) is 30.4. The third-order valence-electron chi connectivity index (χ3n) is 12.1. The minimum atomic E-state index is -0.530. The Bertz CT molecular complexity index is 3070. The second-order valence-electron chi connectivity index (χ2n) is 14.9. The van der Waals surface area contributed by atoms with Crippen molar-refractivity contribution in [1.82, 2.24) is 14.5 Å². The summed E-state index contributed by atoms with van der Waals surface area (Å²) in [6.45, 7) is 0. The maximum atomic E-state index is 5.51. The summed E-state index contributed by atoms with van der Waals surface area (Å²) in [5, 5.41) is 2.53. The first-order valence-electron chi connectivity index (χ1n) is 19.3. The molecule has 12 rings (SSSR count). The number of hydrogen-bond donors (Lipinski definition) is 0. The standard InChI is InChI=1S/C53H33N3/c1-2-14-36(15-3-1)50-49-51(43-20-6-11-23-46(43)53(49)44-21-9-4-16-39(44)40-17-5-10-22-45(40)53)55-52(54-50)37-28-26-34(27-29-37)35-30-32-38(33-31-35)56-47-24-12-7-18-41(47)42-19-8-13-25-48(42)56/h1-33H. The zero-order valence-corrected chi connectivity index (χ0v) is 30.4. The van der Waals surface area contributed by atoms with E-state index in [1.807, 2.05) is 0 Å². The topological polar surface area (TPSA) is 30.7 Å². The maximum Gasteiger partial charge on any atom is 0.160 e. The van der Waals surface area contributed by atoms with Crippen LogP contribution in [-0.2, 0) is 5.41 Å². The fraction of sp³-hybridized carbons (Fsp3) is 0.0189. The lowest BCUT2D eigenvalue weighted by Crippen LogP contribution is -2.27. The second-order valence-corrected chi connectivity index (χ2v) is 14.9. The highest BCUT2D eigenvalue weighted by molar-refractivity contribution is 6.09. The smallest absolute Gasteiger partial charge is 0.160 e. The third kappa shape index (κ3) is 4.22. The van der Waals surface area contributed by atoms with Crippen molar-refractivity contribution in [2.24, 2.45) is 0 Å². The lowest BCUT2D eigenvalue weighted by atomic mass is 9.69. The highest BCUT2D eigenvalue weighted by atomic mass is 15.0. The van der Waals surface area contributed by atoms with Gasteiger partial charge in [0.25, 0.3) is 0 Å². The Hall–Kier alpha value is -7.36. The summed E-state index contributed by atoms with van der Waals surface area (Å²) < 4.78 is 2.36. The molecule has 0 aliphatic heterocycles. The van der Waals surface area contributed by atoms with Crippen LogP contribution in [0, 0.1) is 0 Å². The Labute approximate surface area is 324 Å². The van der Waals surface area contributed by atoms with Gasteiger partial charge < -0.3 is 4.57 Å². The van der Waals surface area contributed by atoms with Crippen LogP contribution in [0.25, 0.3) is 83.6 Å². The summed E-state index contributed by atoms with van der Waals surface area (Å²) in [6.07, 6.45) is 0. The summed E-state index contributed by atoms with van der Waals surface area (Å²) in [5.74, 6) is 0.724. The first-order chi connectivity index (χ1) is 27.8. The molecule has 0 amide bonds. The highest BCUT2D eigenvalue weighted by Gasteiger charge is 2.54. The Kier molecular flexibility index (Phi) is 6.55. The van der Waals surface area contributed by atoms with Gasteiger partial charge in [-0.25, -0.2) is 9.97 Å². The number of nitrogens with zero attached hydrogens (tertiary/aromatic N) is 3. The van der Waals surface area contributed by atoms with Crippen LogP contribution >= 0.6 is 0 Å². The van der Waals surface area contributed by atoms with E-state index >= 15 is 0 Å². The lowest BCUT2D eigenvalue weighted by molar-refractivity contribution is 0.788. The Balaban J connectivity index is 0.996. The fourth-order valence-corrected chi connectivity index (χ4v) is 9.71. The molecule has 2 aromatic heterocycles. The predicted molar refractivity (Wildman–Crippen MR) is 229 cm³/mol. The van der Waals surface area contributed by atoms with Gasteiger partial charge in [-0.1, -0.05) is 176 Å². The molecule has 0 N–H and O–H groups in total. The normalized spacial score (nSPS) is 13.1. The largest absolute Gasteiger partial charge is 0.309 e. The van der Waals surface area contributed by atoms with E-state index in [-0.39, 0.29) is 0 Å². The SMILES string of the molecule is c1ccc(-c2nc(-c3ccc(-c4ccc(-n5c6ccccc6c6ccccc65)cc4)cc3)nc3c2C2(c4ccccc4-c4ccccc42)c2ccccc2-3)cc1. The average molecular weight is 712 g/mol. The van der Waals surface area contributed by atoms with Gasteiger partial charge in [0.05, 0.1) is 27.8 Å².